The van der Waals surface area contributed by atoms with Crippen LogP contribution in [0.2, 0.25) is 0 Å². The molecule has 2 heterocycles. The fourth-order valence-electron chi connectivity index (χ4n) is 4.23. The largest absolute Gasteiger partial charge is 0.480 e. The molecule has 1 amide bonds. The lowest BCUT2D eigenvalue weighted by atomic mass is 10.0. The van der Waals surface area contributed by atoms with E-state index >= 15 is 4.39 Å². The second-order valence-corrected chi connectivity index (χ2v) is 10.5. The van der Waals surface area contributed by atoms with Gasteiger partial charge < -0.3 is 20.3 Å². The lowest BCUT2D eigenvalue weighted by Crippen LogP contribution is -2.42. The number of tetrazole rings is 1. The number of H-pyrrole nitrogens is 2. The van der Waals surface area contributed by atoms with Gasteiger partial charge in [-0.15, -0.1) is 11.5 Å². The minimum Gasteiger partial charge on any atom is -0.480 e. The summed E-state index contributed by atoms with van der Waals surface area (Å²) in [5, 5.41) is 25.0. The highest BCUT2D eigenvalue weighted by Gasteiger charge is 2.27. The van der Waals surface area contributed by atoms with Crippen LogP contribution >= 0.6 is 0 Å². The third kappa shape index (κ3) is 6.61. The average Bonchev–Trinajstić information content (AvgIpc) is 3.46. The van der Waals surface area contributed by atoms with Gasteiger partial charge in [-0.1, -0.05) is 17.1 Å². The van der Waals surface area contributed by atoms with E-state index in [1.165, 1.54) is 17.0 Å². The number of hydrogen-bond acceptors (Lipinski definition) is 9. The molecular formula is C26H25FN8O5S. The number of benzene rings is 2. The van der Waals surface area contributed by atoms with E-state index in [0.717, 1.165) is 11.6 Å². The Morgan fingerprint density at radius 3 is 2.76 bits per heavy atom. The number of hydrogen-bond donors (Lipinski definition) is 4. The Morgan fingerprint density at radius 2 is 2.07 bits per heavy atom. The number of fused-ring (bicyclic) bond motifs is 1. The molecular weight excluding hydrogens is 555 g/mol. The van der Waals surface area contributed by atoms with Crippen LogP contribution in [0.3, 0.4) is 0 Å². The maximum absolute atomic E-state index is 15.3. The molecule has 0 saturated heterocycles. The van der Waals surface area contributed by atoms with Crippen molar-refractivity contribution in [2.75, 3.05) is 17.2 Å². The second-order valence-electron chi connectivity index (χ2n) is 9.04. The zero-order chi connectivity index (χ0) is 29.7. The molecule has 0 spiro atoms. The summed E-state index contributed by atoms with van der Waals surface area (Å²) in [6.07, 6.45) is 5.37. The van der Waals surface area contributed by atoms with E-state index in [1.807, 2.05) is 6.92 Å². The van der Waals surface area contributed by atoms with Crippen molar-refractivity contribution >= 4 is 39.3 Å². The molecule has 2 aromatic carbocycles. The maximum Gasteiger partial charge on any atom is 0.326 e. The van der Waals surface area contributed by atoms with Gasteiger partial charge in [0.15, 0.2) is 0 Å². The third-order valence-electron chi connectivity index (χ3n) is 6.20. The molecule has 0 aliphatic carbocycles. The summed E-state index contributed by atoms with van der Waals surface area (Å²) in [5.74, 6) is -0.251. The minimum absolute atomic E-state index is 0.0343. The van der Waals surface area contributed by atoms with Crippen LogP contribution in [0.15, 0.2) is 40.3 Å². The first-order valence-corrected chi connectivity index (χ1v) is 13.5. The number of aromatic nitrogens is 6. The van der Waals surface area contributed by atoms with Gasteiger partial charge in [0, 0.05) is 12.3 Å². The van der Waals surface area contributed by atoms with Crippen LogP contribution in [0.1, 0.15) is 33.7 Å². The molecule has 0 aliphatic rings. The fraction of sp³-hybridized carbons (Fsp3) is 0.269. The number of aryl methyl sites for hydroxylation is 2. The standard InChI is InChI=1S/C26H25FN8O5S/c1-4-9-35(13-16-12-18-21(11-14(16)2)28-15(3)29-24(18)37)22-17(6-5-7-19(22)27)23(36)30-20(25(38)39)8-10-41(40)26-31-33-34-32-26/h1,5-7,11-12,20H,8-10,13H2,2-3H3,(H,30,36)(H,38,39)(H,28,29,37)(H,31,32,33,34)/t20-,41?/m0/s1. The summed E-state index contributed by atoms with van der Waals surface area (Å²) in [4.78, 5) is 46.2. The monoisotopic (exact) mass is 580 g/mol. The second kappa shape index (κ2) is 12.5. The molecule has 2 aromatic heterocycles. The van der Waals surface area contributed by atoms with E-state index in [0.29, 0.717) is 22.3 Å². The molecule has 2 atom stereocenters. The van der Waals surface area contributed by atoms with Gasteiger partial charge in [0.1, 0.15) is 17.7 Å². The Labute approximate surface area is 235 Å². The summed E-state index contributed by atoms with van der Waals surface area (Å²) < 4.78 is 27.6. The van der Waals surface area contributed by atoms with Gasteiger partial charge in [-0.2, -0.15) is 5.21 Å². The lowest BCUT2D eigenvalue weighted by Gasteiger charge is -2.27. The number of aromatic amines is 2. The summed E-state index contributed by atoms with van der Waals surface area (Å²) in [6.45, 7) is 3.41. The molecule has 41 heavy (non-hydrogen) atoms. The van der Waals surface area contributed by atoms with Crippen LogP contribution in [0.5, 0.6) is 0 Å². The number of carbonyl (C=O) groups excluding carboxylic acids is 1. The van der Waals surface area contributed by atoms with Gasteiger partial charge >= 0.3 is 5.97 Å². The number of halogens is 1. The zero-order valence-electron chi connectivity index (χ0n) is 22.0. The normalized spacial score (nSPS) is 12.4. The fourth-order valence-corrected chi connectivity index (χ4v) is 5.14. The Bertz CT molecular complexity index is 1730. The van der Waals surface area contributed by atoms with Crippen molar-refractivity contribution in [1.82, 2.24) is 35.9 Å². The number of aliphatic carboxylic acids is 1. The van der Waals surface area contributed by atoms with E-state index in [9.17, 15) is 23.7 Å². The number of para-hydroxylation sites is 1. The van der Waals surface area contributed by atoms with Crippen LogP contribution in [0.25, 0.3) is 10.9 Å². The molecule has 0 bridgehead atoms. The predicted molar refractivity (Wildman–Crippen MR) is 147 cm³/mol. The summed E-state index contributed by atoms with van der Waals surface area (Å²) in [6, 6.07) is 5.76. The topological polar surface area (TPSA) is 187 Å². The number of carboxylic acid groups (broad SMARTS) is 1. The molecule has 0 radical (unpaired) electrons. The molecule has 4 N–H and O–H groups in total. The van der Waals surface area contributed by atoms with Crippen LogP contribution < -0.4 is 15.8 Å². The molecule has 15 heteroatoms. The smallest absolute Gasteiger partial charge is 0.326 e. The summed E-state index contributed by atoms with van der Waals surface area (Å²) in [5.41, 5.74) is 1.29. The number of carboxylic acids is 1. The Morgan fingerprint density at radius 1 is 1.29 bits per heavy atom. The number of terminal acetylenes is 1. The molecule has 13 nitrogen and oxygen atoms in total. The average molecular weight is 581 g/mol. The molecule has 212 valence electrons. The van der Waals surface area contributed by atoms with Crippen LogP contribution in [-0.2, 0) is 22.1 Å². The lowest BCUT2D eigenvalue weighted by molar-refractivity contribution is -0.139. The highest BCUT2D eigenvalue weighted by molar-refractivity contribution is 7.84. The molecule has 4 aromatic rings. The highest BCUT2D eigenvalue weighted by atomic mass is 32.2. The Balaban J connectivity index is 1.63. The molecule has 1 unspecified atom stereocenters. The molecule has 0 saturated carbocycles. The number of rotatable bonds is 11. The van der Waals surface area contributed by atoms with Gasteiger partial charge in [-0.05, 0) is 60.9 Å². The first-order chi connectivity index (χ1) is 19.6. The number of nitrogens with one attached hydrogen (secondary N) is 3. The first-order valence-electron chi connectivity index (χ1n) is 12.2. The van der Waals surface area contributed by atoms with Gasteiger partial charge in [0.05, 0.1) is 39.5 Å². The van der Waals surface area contributed by atoms with Crippen molar-refractivity contribution < 1.29 is 23.3 Å². The quantitative estimate of drug-likeness (QED) is 0.188. The maximum atomic E-state index is 15.3. The number of nitrogens with zero attached hydrogens (tertiary/aromatic N) is 5. The molecule has 0 aliphatic heterocycles. The number of carbonyl (C=O) groups is 2. The summed E-state index contributed by atoms with van der Waals surface area (Å²) in [7, 11) is -1.76. The zero-order valence-corrected chi connectivity index (χ0v) is 22.8. The Kier molecular flexibility index (Phi) is 8.83. The number of anilines is 1. The van der Waals surface area contributed by atoms with Crippen molar-refractivity contribution in [3.05, 3.63) is 69.0 Å². The predicted octanol–water partition coefficient (Wildman–Crippen LogP) is 1.21. The van der Waals surface area contributed by atoms with E-state index in [-0.39, 0.29) is 47.2 Å². The van der Waals surface area contributed by atoms with E-state index in [2.05, 4.69) is 41.8 Å². The van der Waals surface area contributed by atoms with Crippen molar-refractivity contribution in [3.8, 4) is 12.3 Å². The molecule has 4 rings (SSSR count). The first kappa shape index (κ1) is 29.0. The van der Waals surface area contributed by atoms with Gasteiger partial charge in [-0.3, -0.25) is 13.8 Å². The van der Waals surface area contributed by atoms with Gasteiger partial charge in [-0.25, -0.2) is 14.2 Å². The number of amides is 1. The van der Waals surface area contributed by atoms with Crippen LogP contribution in [-0.4, -0.2) is 70.1 Å². The van der Waals surface area contributed by atoms with Gasteiger partial charge in [0.2, 0.25) is 0 Å². The van der Waals surface area contributed by atoms with E-state index < -0.39 is 34.5 Å². The van der Waals surface area contributed by atoms with Crippen molar-refractivity contribution in [2.45, 2.75) is 38.0 Å². The van der Waals surface area contributed by atoms with Gasteiger partial charge in [0.25, 0.3) is 16.6 Å². The molecule has 0 fully saturated rings. The highest BCUT2D eigenvalue weighted by Crippen LogP contribution is 2.28. The van der Waals surface area contributed by atoms with E-state index in [4.69, 9.17) is 6.42 Å². The van der Waals surface area contributed by atoms with Crippen molar-refractivity contribution in [3.63, 3.8) is 0 Å². The minimum atomic E-state index is -1.76. The van der Waals surface area contributed by atoms with Crippen molar-refractivity contribution in [1.29, 1.82) is 0 Å². The Hall–Kier alpha value is -4.97. The van der Waals surface area contributed by atoms with E-state index in [1.54, 1.807) is 19.1 Å². The summed E-state index contributed by atoms with van der Waals surface area (Å²) >= 11 is 0. The SMILES string of the molecule is C#CCN(Cc1cc2c(=O)[nH]c(C)nc2cc1C)c1c(F)cccc1C(=O)N[C@@H](CCS(=O)c1nn[nH]n1)C(=O)O. The van der Waals surface area contributed by atoms with Crippen LogP contribution in [0, 0.1) is 32.0 Å². The third-order valence-corrected chi connectivity index (χ3v) is 7.38. The van der Waals surface area contributed by atoms with Crippen LogP contribution in [0.4, 0.5) is 10.1 Å². The van der Waals surface area contributed by atoms with Crippen molar-refractivity contribution in [2.24, 2.45) is 0 Å².